The summed E-state index contributed by atoms with van der Waals surface area (Å²) in [5, 5.41) is 21.8. The van der Waals surface area contributed by atoms with Gasteiger partial charge in [-0.05, 0) is 90.0 Å². The lowest BCUT2D eigenvalue weighted by Gasteiger charge is -2.42. The Balaban J connectivity index is 1.22. The number of nitrogens with zero attached hydrogens (tertiary/aromatic N) is 6. The Morgan fingerprint density at radius 3 is 1.88 bits per heavy atom. The van der Waals surface area contributed by atoms with Crippen molar-refractivity contribution in [2.24, 2.45) is 0 Å². The summed E-state index contributed by atoms with van der Waals surface area (Å²) >= 11 is 1.67. The highest BCUT2D eigenvalue weighted by atomic mass is 32.2. The highest BCUT2D eigenvalue weighted by Crippen LogP contribution is 2.65. The van der Waals surface area contributed by atoms with Crippen LogP contribution in [0.4, 0.5) is 17.1 Å². The Labute approximate surface area is 331 Å². The van der Waals surface area contributed by atoms with Crippen molar-refractivity contribution in [2.75, 3.05) is 4.90 Å². The minimum absolute atomic E-state index is 0.607. The Bertz CT molecular complexity index is 3270. The van der Waals surface area contributed by atoms with Gasteiger partial charge in [-0.2, -0.15) is 10.5 Å². The molecule has 1 aliphatic carbocycles. The largest absolute Gasteiger partial charge is 0.452 e. The third-order valence-corrected chi connectivity index (χ3v) is 12.7. The Morgan fingerprint density at radius 1 is 0.509 bits per heavy atom. The summed E-state index contributed by atoms with van der Waals surface area (Å²) in [5.41, 5.74) is 11.8. The van der Waals surface area contributed by atoms with Crippen LogP contribution in [-0.4, -0.2) is 14.5 Å². The first-order chi connectivity index (χ1) is 28.2. The molecule has 264 valence electrons. The molecule has 6 aromatic carbocycles. The third kappa shape index (κ3) is 4.14. The molecule has 0 bridgehead atoms. The van der Waals surface area contributed by atoms with E-state index < -0.39 is 5.41 Å². The van der Waals surface area contributed by atoms with E-state index in [0.717, 1.165) is 93.7 Å². The van der Waals surface area contributed by atoms with E-state index in [2.05, 4.69) is 113 Å². The summed E-state index contributed by atoms with van der Waals surface area (Å²) in [7, 11) is 0. The smallest absolute Gasteiger partial charge is 0.156 e. The van der Waals surface area contributed by atoms with Crippen LogP contribution in [0.1, 0.15) is 33.4 Å². The number of fused-ring (bicyclic) bond motifs is 14. The van der Waals surface area contributed by atoms with Gasteiger partial charge >= 0.3 is 0 Å². The zero-order valence-corrected chi connectivity index (χ0v) is 30.8. The van der Waals surface area contributed by atoms with Crippen molar-refractivity contribution in [1.29, 1.82) is 10.5 Å². The Morgan fingerprint density at radius 2 is 1.11 bits per heavy atom. The molecule has 1 spiro atoms. The molecule has 2 aliphatic heterocycles. The van der Waals surface area contributed by atoms with Gasteiger partial charge in [-0.25, -0.2) is 0 Å². The summed E-state index contributed by atoms with van der Waals surface area (Å²) in [5.74, 6) is 1.43. The number of ether oxygens (including phenoxy) is 1. The second kappa shape index (κ2) is 11.7. The van der Waals surface area contributed by atoms with Gasteiger partial charge in [0.15, 0.2) is 11.5 Å². The van der Waals surface area contributed by atoms with Gasteiger partial charge in [0.05, 0.1) is 73.9 Å². The van der Waals surface area contributed by atoms with Crippen molar-refractivity contribution >= 4 is 50.6 Å². The van der Waals surface area contributed by atoms with E-state index >= 15 is 0 Å². The normalized spacial score (nSPS) is 13.8. The van der Waals surface area contributed by atoms with Gasteiger partial charge in [0.2, 0.25) is 0 Å². The summed E-state index contributed by atoms with van der Waals surface area (Å²) < 4.78 is 9.80. The first-order valence-corrected chi connectivity index (χ1v) is 19.4. The summed E-state index contributed by atoms with van der Waals surface area (Å²) in [6, 6.07) is 54.4. The van der Waals surface area contributed by atoms with Crippen molar-refractivity contribution in [3.8, 4) is 40.7 Å². The van der Waals surface area contributed by atoms with Crippen LogP contribution in [0.15, 0.2) is 168 Å². The fourth-order valence-electron chi connectivity index (χ4n) is 9.36. The molecular weight excluding hydrogens is 721 g/mol. The van der Waals surface area contributed by atoms with Gasteiger partial charge in [-0.1, -0.05) is 78.5 Å². The van der Waals surface area contributed by atoms with Gasteiger partial charge in [-0.3, -0.25) is 9.97 Å². The van der Waals surface area contributed by atoms with Crippen LogP contribution < -0.4 is 9.64 Å². The Kier molecular flexibility index (Phi) is 6.49. The zero-order valence-electron chi connectivity index (χ0n) is 30.0. The van der Waals surface area contributed by atoms with Gasteiger partial charge in [0.25, 0.3) is 0 Å². The number of hydrogen-bond donors (Lipinski definition) is 0. The molecule has 3 aliphatic rings. The predicted molar refractivity (Wildman–Crippen MR) is 222 cm³/mol. The molecule has 0 amide bonds. The maximum Gasteiger partial charge on any atom is 0.156 e. The molecular formula is C49H26N6OS. The SMILES string of the molecule is N#Cc1ccc2c(c1)Sc1ccccc1N2c1cccc2c1Oc1c(-n3c4ccccc4c4cc(C#N)ccc43)cccc1C21c2cccnc2-c2ncccc21. The van der Waals surface area contributed by atoms with E-state index in [-0.39, 0.29) is 0 Å². The monoisotopic (exact) mass is 746 g/mol. The topological polar surface area (TPSA) is 90.8 Å². The van der Waals surface area contributed by atoms with Gasteiger partial charge in [0, 0.05) is 44.1 Å². The van der Waals surface area contributed by atoms with Crippen LogP contribution in [-0.2, 0) is 5.41 Å². The maximum absolute atomic E-state index is 9.90. The summed E-state index contributed by atoms with van der Waals surface area (Å²) in [6.45, 7) is 0. The lowest BCUT2D eigenvalue weighted by Crippen LogP contribution is -2.33. The second-order valence-electron chi connectivity index (χ2n) is 14.4. The molecule has 57 heavy (non-hydrogen) atoms. The maximum atomic E-state index is 9.90. The number of pyridine rings is 2. The lowest BCUT2D eigenvalue weighted by molar-refractivity contribution is 0.435. The number of aromatic nitrogens is 3. The molecule has 5 heterocycles. The first-order valence-electron chi connectivity index (χ1n) is 18.6. The van der Waals surface area contributed by atoms with Gasteiger partial charge < -0.3 is 14.2 Å². The predicted octanol–water partition coefficient (Wildman–Crippen LogP) is 11.7. The quantitative estimate of drug-likeness (QED) is 0.174. The van der Waals surface area contributed by atoms with Crippen molar-refractivity contribution in [3.05, 3.63) is 191 Å². The molecule has 0 N–H and O–H groups in total. The van der Waals surface area contributed by atoms with Gasteiger partial charge in [-0.15, -0.1) is 0 Å². The second-order valence-corrected chi connectivity index (χ2v) is 15.4. The van der Waals surface area contributed by atoms with Crippen LogP contribution in [0.2, 0.25) is 0 Å². The third-order valence-electron chi connectivity index (χ3n) is 11.6. The number of para-hydroxylation sites is 4. The molecule has 0 fully saturated rings. The molecule has 3 aromatic heterocycles. The fraction of sp³-hybridized carbons (Fsp3) is 0.0204. The average molecular weight is 747 g/mol. The fourth-order valence-corrected chi connectivity index (χ4v) is 10.5. The van der Waals surface area contributed by atoms with Crippen molar-refractivity contribution < 1.29 is 4.74 Å². The first kappa shape index (κ1) is 31.7. The van der Waals surface area contributed by atoms with E-state index in [4.69, 9.17) is 14.7 Å². The summed E-state index contributed by atoms with van der Waals surface area (Å²) in [4.78, 5) is 14.3. The zero-order chi connectivity index (χ0) is 37.8. The van der Waals surface area contributed by atoms with Crippen LogP contribution >= 0.6 is 11.8 Å². The van der Waals surface area contributed by atoms with Crippen LogP contribution in [0.25, 0.3) is 38.9 Å². The minimum atomic E-state index is -0.841. The van der Waals surface area contributed by atoms with Crippen LogP contribution in [0, 0.1) is 22.7 Å². The van der Waals surface area contributed by atoms with E-state index in [1.54, 1.807) is 11.8 Å². The number of hydrogen-bond acceptors (Lipinski definition) is 7. The molecule has 0 unspecified atom stereocenters. The average Bonchev–Trinajstić information content (AvgIpc) is 3.75. The van der Waals surface area contributed by atoms with Crippen LogP contribution in [0.5, 0.6) is 11.5 Å². The van der Waals surface area contributed by atoms with E-state index in [1.165, 1.54) is 0 Å². The molecule has 9 aromatic rings. The molecule has 0 saturated carbocycles. The number of benzene rings is 6. The molecule has 12 rings (SSSR count). The molecule has 0 radical (unpaired) electrons. The number of rotatable bonds is 2. The van der Waals surface area contributed by atoms with Crippen LogP contribution in [0.3, 0.4) is 0 Å². The molecule has 0 saturated heterocycles. The summed E-state index contributed by atoms with van der Waals surface area (Å²) in [6.07, 6.45) is 3.68. The van der Waals surface area contributed by atoms with Gasteiger partial charge in [0.1, 0.15) is 0 Å². The number of nitriles is 2. The Hall–Kier alpha value is -7.65. The highest BCUT2D eigenvalue weighted by molar-refractivity contribution is 7.99. The molecule has 0 atom stereocenters. The van der Waals surface area contributed by atoms with Crippen molar-refractivity contribution in [2.45, 2.75) is 15.2 Å². The van der Waals surface area contributed by atoms with E-state index in [1.807, 2.05) is 67.0 Å². The van der Waals surface area contributed by atoms with E-state index in [0.29, 0.717) is 16.9 Å². The van der Waals surface area contributed by atoms with Crippen molar-refractivity contribution in [1.82, 2.24) is 14.5 Å². The van der Waals surface area contributed by atoms with E-state index in [9.17, 15) is 10.5 Å². The number of anilines is 3. The standard InChI is InChI=1S/C49H26N6OS/c50-27-29-19-21-38-32(25-29)31-9-1-2-14-37(31)54(38)41-16-5-10-35-47(41)56-48-36(49(35)33-12-7-23-52-45(33)46-34(49)13-8-24-53-46)11-6-17-42(48)55-39-15-3-4-18-43(39)57-44-26-30(28-51)20-22-40(44)55/h1-26H. The lowest BCUT2D eigenvalue weighted by atomic mass is 9.66. The van der Waals surface area contributed by atoms with Crippen molar-refractivity contribution in [3.63, 3.8) is 0 Å². The minimum Gasteiger partial charge on any atom is -0.452 e. The molecule has 8 heteroatoms. The highest BCUT2D eigenvalue weighted by Gasteiger charge is 2.53. The molecule has 7 nitrogen and oxygen atoms in total.